The van der Waals surface area contributed by atoms with Crippen LogP contribution in [-0.2, 0) is 0 Å². The maximum atomic E-state index is 5.87. The summed E-state index contributed by atoms with van der Waals surface area (Å²) < 4.78 is 0. The van der Waals surface area contributed by atoms with E-state index < -0.39 is 0 Å². The van der Waals surface area contributed by atoms with Crippen molar-refractivity contribution in [1.82, 2.24) is 4.90 Å². The van der Waals surface area contributed by atoms with Crippen LogP contribution < -0.4 is 5.73 Å². The molecule has 2 nitrogen and oxygen atoms in total. The highest BCUT2D eigenvalue weighted by Crippen LogP contribution is 2.30. The van der Waals surface area contributed by atoms with Gasteiger partial charge in [-0.2, -0.15) is 0 Å². The van der Waals surface area contributed by atoms with Gasteiger partial charge in [-0.25, -0.2) is 0 Å². The second kappa shape index (κ2) is 4.69. The summed E-state index contributed by atoms with van der Waals surface area (Å²) in [5.74, 6) is 0. The van der Waals surface area contributed by atoms with E-state index in [1.165, 1.54) is 0 Å². The molecule has 0 aromatic heterocycles. The van der Waals surface area contributed by atoms with Crippen LogP contribution in [0.3, 0.4) is 0 Å². The molecule has 1 aliphatic rings. The monoisotopic (exact) mass is 202 g/mol. The van der Waals surface area contributed by atoms with Gasteiger partial charge in [-0.15, -0.1) is 0 Å². The van der Waals surface area contributed by atoms with E-state index in [0.29, 0.717) is 0 Å². The number of fused-ring (bicyclic) bond motifs is 1. The summed E-state index contributed by atoms with van der Waals surface area (Å²) in [7, 11) is 1.97. The smallest absolute Gasteiger partial charge is 0.0431 e. The molecule has 0 radical (unpaired) electrons. The van der Waals surface area contributed by atoms with Crippen molar-refractivity contribution in [3.8, 4) is 0 Å². The summed E-state index contributed by atoms with van der Waals surface area (Å²) in [5.41, 5.74) is 9.81. The average Bonchev–Trinajstić information content (AvgIpc) is 2.26. The second-order valence-electron chi connectivity index (χ2n) is 3.18. The van der Waals surface area contributed by atoms with E-state index in [1.807, 2.05) is 56.3 Å². The van der Waals surface area contributed by atoms with Crippen molar-refractivity contribution in [2.75, 3.05) is 12.8 Å². The third kappa shape index (κ3) is 2.04. The molecule has 1 aromatic rings. The summed E-state index contributed by atoms with van der Waals surface area (Å²) in [6.45, 7) is 7.99. The lowest BCUT2D eigenvalue weighted by atomic mass is 10.00. The maximum Gasteiger partial charge on any atom is 0.0431 e. The van der Waals surface area contributed by atoms with Crippen LogP contribution in [0.5, 0.6) is 0 Å². The largest absolute Gasteiger partial charge is 0.398 e. The van der Waals surface area contributed by atoms with Crippen LogP contribution in [0.15, 0.2) is 31.0 Å². The molecule has 1 aromatic carbocycles. The third-order valence-corrected chi connectivity index (χ3v) is 2.32. The fourth-order valence-electron chi connectivity index (χ4n) is 1.52. The molecule has 1 heterocycles. The zero-order valence-electron chi connectivity index (χ0n) is 9.62. The highest BCUT2D eigenvalue weighted by molar-refractivity contribution is 5.83. The minimum atomic E-state index is 0.790. The highest BCUT2D eigenvalue weighted by atomic mass is 15.1. The standard InChI is InChI=1S/C11H12N2.C2H6/c1-8-11-9(6-7-13(8)2)4-3-5-10(11)12;1-2/h3-7H,1,12H2,2H3;1-2H3. The fraction of sp³-hybridized carbons (Fsp3) is 0.231. The second-order valence-corrected chi connectivity index (χ2v) is 3.18. The molecular weight excluding hydrogens is 184 g/mol. The van der Waals surface area contributed by atoms with Crippen molar-refractivity contribution in [1.29, 1.82) is 0 Å². The van der Waals surface area contributed by atoms with E-state index in [9.17, 15) is 0 Å². The van der Waals surface area contributed by atoms with Gasteiger partial charge in [0.2, 0.25) is 0 Å². The molecule has 0 spiro atoms. The number of nitrogens with two attached hydrogens (primary N) is 1. The van der Waals surface area contributed by atoms with Gasteiger partial charge in [0.05, 0.1) is 0 Å². The van der Waals surface area contributed by atoms with Crippen LogP contribution in [0.2, 0.25) is 0 Å². The normalized spacial score (nSPS) is 13.0. The first-order valence-electron chi connectivity index (χ1n) is 5.19. The molecule has 80 valence electrons. The molecule has 0 unspecified atom stereocenters. The Balaban J connectivity index is 0.000000531. The Kier molecular flexibility index (Phi) is 3.56. The van der Waals surface area contributed by atoms with Crippen LogP contribution in [0, 0.1) is 0 Å². The van der Waals surface area contributed by atoms with Gasteiger partial charge in [-0.3, -0.25) is 0 Å². The SMILES string of the molecule is C=C1c2c(N)cccc2C=CN1C.CC. The Morgan fingerprint density at radius 1 is 1.27 bits per heavy atom. The molecule has 0 amide bonds. The quantitative estimate of drug-likeness (QED) is 0.655. The van der Waals surface area contributed by atoms with Crippen molar-refractivity contribution in [2.45, 2.75) is 13.8 Å². The van der Waals surface area contributed by atoms with Crippen LogP contribution in [0.25, 0.3) is 11.8 Å². The summed E-state index contributed by atoms with van der Waals surface area (Å²) in [6, 6.07) is 5.90. The van der Waals surface area contributed by atoms with E-state index in [2.05, 4.69) is 6.58 Å². The number of anilines is 1. The lowest BCUT2D eigenvalue weighted by Crippen LogP contribution is -2.13. The average molecular weight is 202 g/mol. The first kappa shape index (κ1) is 11.4. The van der Waals surface area contributed by atoms with Gasteiger partial charge in [0.25, 0.3) is 0 Å². The van der Waals surface area contributed by atoms with E-state index in [-0.39, 0.29) is 0 Å². The minimum absolute atomic E-state index is 0.790. The molecule has 0 aliphatic carbocycles. The first-order chi connectivity index (χ1) is 7.20. The number of nitrogen functional groups attached to an aromatic ring is 1. The third-order valence-electron chi connectivity index (χ3n) is 2.32. The summed E-state index contributed by atoms with van der Waals surface area (Å²) in [5, 5.41) is 0. The molecule has 2 N–H and O–H groups in total. The molecule has 0 fully saturated rings. The van der Waals surface area contributed by atoms with Gasteiger partial charge in [0.1, 0.15) is 0 Å². The van der Waals surface area contributed by atoms with Gasteiger partial charge in [-0.05, 0) is 17.7 Å². The molecule has 2 rings (SSSR count). The number of hydrogen-bond acceptors (Lipinski definition) is 2. The topological polar surface area (TPSA) is 29.3 Å². The summed E-state index contributed by atoms with van der Waals surface area (Å²) in [4.78, 5) is 1.97. The van der Waals surface area contributed by atoms with Crippen molar-refractivity contribution in [3.05, 3.63) is 42.1 Å². The van der Waals surface area contributed by atoms with Gasteiger partial charge >= 0.3 is 0 Å². The van der Waals surface area contributed by atoms with Gasteiger partial charge in [-0.1, -0.05) is 32.6 Å². The molecule has 0 saturated heterocycles. The summed E-state index contributed by atoms with van der Waals surface area (Å²) >= 11 is 0. The molecule has 2 heteroatoms. The Labute approximate surface area is 91.7 Å². The predicted molar refractivity (Wildman–Crippen MR) is 68.0 cm³/mol. The lowest BCUT2D eigenvalue weighted by Gasteiger charge is -2.24. The number of nitrogens with zero attached hydrogens (tertiary/aromatic N) is 1. The Morgan fingerprint density at radius 3 is 2.60 bits per heavy atom. The van der Waals surface area contributed by atoms with E-state index >= 15 is 0 Å². The molecule has 0 bridgehead atoms. The molecule has 1 aliphatic heterocycles. The number of hydrogen-bond donors (Lipinski definition) is 1. The highest BCUT2D eigenvalue weighted by Gasteiger charge is 2.13. The Hall–Kier alpha value is -1.70. The van der Waals surface area contributed by atoms with E-state index in [0.717, 1.165) is 22.5 Å². The van der Waals surface area contributed by atoms with E-state index in [1.54, 1.807) is 0 Å². The van der Waals surface area contributed by atoms with E-state index in [4.69, 9.17) is 5.73 Å². The van der Waals surface area contributed by atoms with Crippen molar-refractivity contribution >= 4 is 17.5 Å². The van der Waals surface area contributed by atoms with Crippen molar-refractivity contribution in [2.24, 2.45) is 0 Å². The Bertz CT molecular complexity index is 392. The minimum Gasteiger partial charge on any atom is -0.398 e. The number of benzene rings is 1. The zero-order valence-corrected chi connectivity index (χ0v) is 9.62. The van der Waals surface area contributed by atoms with Gasteiger partial charge in [0, 0.05) is 30.2 Å². The molecule has 0 saturated carbocycles. The first-order valence-corrected chi connectivity index (χ1v) is 5.19. The van der Waals surface area contributed by atoms with Crippen molar-refractivity contribution in [3.63, 3.8) is 0 Å². The fourth-order valence-corrected chi connectivity index (χ4v) is 1.52. The lowest BCUT2D eigenvalue weighted by molar-refractivity contribution is 0.657. The van der Waals surface area contributed by atoms with Crippen LogP contribution >= 0.6 is 0 Å². The number of rotatable bonds is 0. The molecule has 0 atom stereocenters. The maximum absolute atomic E-state index is 5.87. The zero-order chi connectivity index (χ0) is 11.4. The van der Waals surface area contributed by atoms with Gasteiger partial charge in [0.15, 0.2) is 0 Å². The predicted octanol–water partition coefficient (Wildman–Crippen LogP) is 3.18. The van der Waals surface area contributed by atoms with Crippen LogP contribution in [0.1, 0.15) is 25.0 Å². The molecular formula is C13H18N2. The molecule has 15 heavy (non-hydrogen) atoms. The van der Waals surface area contributed by atoms with Crippen LogP contribution in [0.4, 0.5) is 5.69 Å². The Morgan fingerprint density at radius 2 is 1.93 bits per heavy atom. The van der Waals surface area contributed by atoms with Crippen molar-refractivity contribution < 1.29 is 0 Å². The van der Waals surface area contributed by atoms with Crippen LogP contribution in [-0.4, -0.2) is 11.9 Å². The summed E-state index contributed by atoms with van der Waals surface area (Å²) in [6.07, 6.45) is 4.03. The van der Waals surface area contributed by atoms with Gasteiger partial charge < -0.3 is 10.6 Å².